The van der Waals surface area contributed by atoms with Crippen LogP contribution < -0.4 is 0 Å². The summed E-state index contributed by atoms with van der Waals surface area (Å²) in [6.07, 6.45) is 2.44. The van der Waals surface area contributed by atoms with Gasteiger partial charge in [-0.15, -0.1) is 0 Å². The number of benzene rings is 1. The highest BCUT2D eigenvalue weighted by molar-refractivity contribution is 5.89. The van der Waals surface area contributed by atoms with E-state index in [1.165, 1.54) is 0 Å². The van der Waals surface area contributed by atoms with Gasteiger partial charge in [-0.25, -0.2) is 4.79 Å². The van der Waals surface area contributed by atoms with Gasteiger partial charge in [-0.05, 0) is 38.3 Å². The van der Waals surface area contributed by atoms with E-state index < -0.39 is 0 Å². The summed E-state index contributed by atoms with van der Waals surface area (Å²) in [4.78, 5) is 21.5. The summed E-state index contributed by atoms with van der Waals surface area (Å²) in [6, 6.07) is 7.28. The lowest BCUT2D eigenvalue weighted by atomic mass is 10.1. The quantitative estimate of drug-likeness (QED) is 0.404. The maximum absolute atomic E-state index is 11.6. The Morgan fingerprint density at radius 3 is 2.44 bits per heavy atom. The van der Waals surface area contributed by atoms with E-state index in [4.69, 9.17) is 4.74 Å². The van der Waals surface area contributed by atoms with Gasteiger partial charge < -0.3 is 9.47 Å². The third-order valence-corrected chi connectivity index (χ3v) is 2.49. The molecule has 0 aromatic heterocycles. The zero-order valence-corrected chi connectivity index (χ0v) is 10.6. The number of hydrogen-bond acceptors (Lipinski definition) is 4. The van der Waals surface area contributed by atoms with Crippen LogP contribution in [0.2, 0.25) is 0 Å². The highest BCUT2D eigenvalue weighted by atomic mass is 16.5. The standard InChI is InChI=1S/C14H18O4/c1-12-5-7-13(8-6-12)14(16)18-10-4-2-3-9-17-11-15/h5-8,11H,2-4,9-10H2,1H3. The van der Waals surface area contributed by atoms with Crippen molar-refractivity contribution in [3.63, 3.8) is 0 Å². The lowest BCUT2D eigenvalue weighted by Gasteiger charge is -2.05. The van der Waals surface area contributed by atoms with E-state index in [1.807, 2.05) is 19.1 Å². The largest absolute Gasteiger partial charge is 0.468 e. The Kier molecular flexibility index (Phi) is 6.54. The predicted molar refractivity (Wildman–Crippen MR) is 67.3 cm³/mol. The molecule has 1 rings (SSSR count). The van der Waals surface area contributed by atoms with Crippen LogP contribution in [0.3, 0.4) is 0 Å². The summed E-state index contributed by atoms with van der Waals surface area (Å²) in [6.45, 7) is 3.23. The van der Waals surface area contributed by atoms with Crippen LogP contribution in [0.25, 0.3) is 0 Å². The number of rotatable bonds is 8. The summed E-state index contributed by atoms with van der Waals surface area (Å²) < 4.78 is 9.68. The molecule has 0 amide bonds. The van der Waals surface area contributed by atoms with Crippen molar-refractivity contribution in [2.45, 2.75) is 26.2 Å². The molecule has 4 heteroatoms. The van der Waals surface area contributed by atoms with E-state index in [0.717, 1.165) is 24.8 Å². The minimum atomic E-state index is -0.292. The van der Waals surface area contributed by atoms with Crippen molar-refractivity contribution >= 4 is 12.4 Å². The zero-order valence-electron chi connectivity index (χ0n) is 10.6. The molecule has 4 nitrogen and oxygen atoms in total. The number of carbonyl (C=O) groups is 2. The van der Waals surface area contributed by atoms with Gasteiger partial charge in [-0.3, -0.25) is 4.79 Å². The number of ether oxygens (including phenoxy) is 2. The van der Waals surface area contributed by atoms with Gasteiger partial charge in [0.05, 0.1) is 18.8 Å². The van der Waals surface area contributed by atoms with E-state index in [9.17, 15) is 9.59 Å². The monoisotopic (exact) mass is 250 g/mol. The molecule has 1 aromatic rings. The van der Waals surface area contributed by atoms with Crippen LogP contribution in [0.5, 0.6) is 0 Å². The molecule has 0 saturated heterocycles. The molecular formula is C14H18O4. The molecule has 0 radical (unpaired) electrons. The average Bonchev–Trinajstić information content (AvgIpc) is 2.38. The Bertz CT molecular complexity index is 370. The third-order valence-electron chi connectivity index (χ3n) is 2.49. The summed E-state index contributed by atoms with van der Waals surface area (Å²) in [5, 5.41) is 0. The smallest absolute Gasteiger partial charge is 0.338 e. The first kappa shape index (κ1) is 14.2. The highest BCUT2D eigenvalue weighted by Crippen LogP contribution is 2.05. The molecule has 0 atom stereocenters. The number of aryl methyl sites for hydroxylation is 1. The fourth-order valence-corrected chi connectivity index (χ4v) is 1.45. The Balaban J connectivity index is 2.13. The molecule has 0 aliphatic rings. The molecule has 0 spiro atoms. The number of unbranched alkanes of at least 4 members (excludes halogenated alkanes) is 2. The summed E-state index contributed by atoms with van der Waals surface area (Å²) >= 11 is 0. The maximum atomic E-state index is 11.6. The Hall–Kier alpha value is -1.84. The average molecular weight is 250 g/mol. The summed E-state index contributed by atoms with van der Waals surface area (Å²) in [5.41, 5.74) is 1.69. The van der Waals surface area contributed by atoms with Gasteiger partial charge in [0.2, 0.25) is 0 Å². The van der Waals surface area contributed by atoms with Crippen molar-refractivity contribution in [1.82, 2.24) is 0 Å². The van der Waals surface area contributed by atoms with Gasteiger partial charge in [0, 0.05) is 0 Å². The zero-order chi connectivity index (χ0) is 13.2. The van der Waals surface area contributed by atoms with Crippen molar-refractivity contribution in [3.05, 3.63) is 35.4 Å². The first-order valence-corrected chi connectivity index (χ1v) is 6.03. The minimum absolute atomic E-state index is 0.292. The van der Waals surface area contributed by atoms with Crippen LogP contribution in [0.15, 0.2) is 24.3 Å². The molecular weight excluding hydrogens is 232 g/mol. The van der Waals surface area contributed by atoms with Crippen molar-refractivity contribution < 1.29 is 19.1 Å². The van der Waals surface area contributed by atoms with Crippen molar-refractivity contribution in [2.24, 2.45) is 0 Å². The van der Waals surface area contributed by atoms with Gasteiger partial charge in [-0.2, -0.15) is 0 Å². The van der Waals surface area contributed by atoms with Gasteiger partial charge in [-0.1, -0.05) is 17.7 Å². The van der Waals surface area contributed by atoms with Crippen LogP contribution >= 0.6 is 0 Å². The predicted octanol–water partition coefficient (Wildman–Crippen LogP) is 2.50. The molecule has 1 aromatic carbocycles. The Labute approximate surface area is 107 Å². The van der Waals surface area contributed by atoms with Crippen molar-refractivity contribution in [2.75, 3.05) is 13.2 Å². The van der Waals surface area contributed by atoms with E-state index in [2.05, 4.69) is 4.74 Å². The fraction of sp³-hybridized carbons (Fsp3) is 0.429. The lowest BCUT2D eigenvalue weighted by molar-refractivity contribution is -0.128. The van der Waals surface area contributed by atoms with Crippen LogP contribution in [0.4, 0.5) is 0 Å². The van der Waals surface area contributed by atoms with Crippen LogP contribution in [-0.4, -0.2) is 25.7 Å². The topological polar surface area (TPSA) is 52.6 Å². The third kappa shape index (κ3) is 5.48. The molecule has 0 unspecified atom stereocenters. The first-order chi connectivity index (χ1) is 8.74. The number of esters is 1. The van der Waals surface area contributed by atoms with Crippen LogP contribution in [0, 0.1) is 6.92 Å². The Morgan fingerprint density at radius 2 is 1.78 bits per heavy atom. The SMILES string of the molecule is Cc1ccc(C(=O)OCCCCCOC=O)cc1. The summed E-state index contributed by atoms with van der Waals surface area (Å²) in [7, 11) is 0. The summed E-state index contributed by atoms with van der Waals surface area (Å²) in [5.74, 6) is -0.292. The van der Waals surface area contributed by atoms with E-state index >= 15 is 0 Å². The molecule has 0 aliphatic carbocycles. The molecule has 98 valence electrons. The normalized spacial score (nSPS) is 9.83. The molecule has 0 saturated carbocycles. The van der Waals surface area contributed by atoms with Gasteiger partial charge in [0.25, 0.3) is 6.47 Å². The molecule has 0 aliphatic heterocycles. The molecule has 0 bridgehead atoms. The van der Waals surface area contributed by atoms with Crippen LogP contribution in [-0.2, 0) is 14.3 Å². The molecule has 0 N–H and O–H groups in total. The van der Waals surface area contributed by atoms with Crippen molar-refractivity contribution in [3.8, 4) is 0 Å². The van der Waals surface area contributed by atoms with Gasteiger partial charge in [0.1, 0.15) is 0 Å². The lowest BCUT2D eigenvalue weighted by Crippen LogP contribution is -2.06. The van der Waals surface area contributed by atoms with E-state index in [1.54, 1.807) is 12.1 Å². The van der Waals surface area contributed by atoms with E-state index in [0.29, 0.717) is 25.2 Å². The second-order valence-corrected chi connectivity index (χ2v) is 4.03. The Morgan fingerprint density at radius 1 is 1.11 bits per heavy atom. The minimum Gasteiger partial charge on any atom is -0.468 e. The molecule has 0 fully saturated rings. The molecule has 0 heterocycles. The van der Waals surface area contributed by atoms with E-state index in [-0.39, 0.29) is 5.97 Å². The first-order valence-electron chi connectivity index (χ1n) is 6.03. The highest BCUT2D eigenvalue weighted by Gasteiger charge is 2.05. The van der Waals surface area contributed by atoms with Gasteiger partial charge >= 0.3 is 5.97 Å². The van der Waals surface area contributed by atoms with Gasteiger partial charge in [0.15, 0.2) is 0 Å². The second-order valence-electron chi connectivity index (χ2n) is 4.03. The fourth-order valence-electron chi connectivity index (χ4n) is 1.45. The number of hydrogen-bond donors (Lipinski definition) is 0. The maximum Gasteiger partial charge on any atom is 0.338 e. The molecule has 18 heavy (non-hydrogen) atoms. The number of carbonyl (C=O) groups excluding carboxylic acids is 2. The van der Waals surface area contributed by atoms with Crippen LogP contribution in [0.1, 0.15) is 35.2 Å². The van der Waals surface area contributed by atoms with Crippen molar-refractivity contribution in [1.29, 1.82) is 0 Å². The second kappa shape index (κ2) is 8.28.